The fraction of sp³-hybridized carbons (Fsp3) is 0.208. The van der Waals surface area contributed by atoms with Crippen molar-refractivity contribution in [2.45, 2.75) is 26.7 Å². The molecule has 27 heavy (non-hydrogen) atoms. The standard InChI is InChI=1S/C24H24O3/c1-3-5-8-17-20-22(24(25)26-4-2)21(18-13-9-6-10-14-18)23(27-20)19-15-11-7-12-16-19/h6-17H,3-5H2,1-2H3/b17-8+. The summed E-state index contributed by atoms with van der Waals surface area (Å²) in [4.78, 5) is 12.8. The van der Waals surface area contributed by atoms with Gasteiger partial charge >= 0.3 is 5.97 Å². The van der Waals surface area contributed by atoms with E-state index in [0.717, 1.165) is 29.5 Å². The second-order valence-corrected chi connectivity index (χ2v) is 6.19. The first-order valence-electron chi connectivity index (χ1n) is 9.37. The SMILES string of the molecule is CCC/C=C/c1oc(-c2ccccc2)c(-c2ccccc2)c1C(=O)OCC. The Kier molecular flexibility index (Phi) is 6.26. The highest BCUT2D eigenvalue weighted by molar-refractivity contribution is 6.04. The van der Waals surface area contributed by atoms with Gasteiger partial charge in [0.05, 0.1) is 6.61 Å². The van der Waals surface area contributed by atoms with E-state index >= 15 is 0 Å². The second kappa shape index (κ2) is 9.04. The number of unbranched alkanes of at least 4 members (excludes halogenated alkanes) is 1. The van der Waals surface area contributed by atoms with E-state index in [4.69, 9.17) is 9.15 Å². The quantitative estimate of drug-likeness (QED) is 0.445. The topological polar surface area (TPSA) is 39.4 Å². The van der Waals surface area contributed by atoms with Crippen molar-refractivity contribution >= 4 is 12.0 Å². The average Bonchev–Trinajstić information content (AvgIpc) is 3.09. The number of hydrogen-bond acceptors (Lipinski definition) is 3. The van der Waals surface area contributed by atoms with Crippen LogP contribution in [0.25, 0.3) is 28.5 Å². The molecule has 0 aliphatic rings. The zero-order chi connectivity index (χ0) is 19.1. The smallest absolute Gasteiger partial charge is 0.342 e. The number of furan rings is 1. The van der Waals surface area contributed by atoms with Crippen LogP contribution in [0.5, 0.6) is 0 Å². The third kappa shape index (κ3) is 4.20. The summed E-state index contributed by atoms with van der Waals surface area (Å²) in [5.74, 6) is 0.860. The predicted molar refractivity (Wildman–Crippen MR) is 109 cm³/mol. The van der Waals surface area contributed by atoms with Crippen LogP contribution in [0.4, 0.5) is 0 Å². The number of rotatable bonds is 7. The number of hydrogen-bond donors (Lipinski definition) is 0. The fourth-order valence-electron chi connectivity index (χ4n) is 3.00. The minimum Gasteiger partial charge on any atom is -0.462 e. The largest absolute Gasteiger partial charge is 0.462 e. The van der Waals surface area contributed by atoms with E-state index in [9.17, 15) is 4.79 Å². The minimum absolute atomic E-state index is 0.316. The van der Waals surface area contributed by atoms with Crippen LogP contribution in [-0.4, -0.2) is 12.6 Å². The molecular weight excluding hydrogens is 336 g/mol. The van der Waals surface area contributed by atoms with Gasteiger partial charge in [0, 0.05) is 11.1 Å². The summed E-state index contributed by atoms with van der Waals surface area (Å²) < 4.78 is 11.6. The first-order valence-corrected chi connectivity index (χ1v) is 9.37. The Morgan fingerprint density at radius 2 is 1.59 bits per heavy atom. The molecule has 3 heteroatoms. The van der Waals surface area contributed by atoms with Gasteiger partial charge in [-0.25, -0.2) is 4.79 Å². The monoisotopic (exact) mass is 360 g/mol. The molecule has 2 aromatic carbocycles. The molecule has 3 nitrogen and oxygen atoms in total. The average molecular weight is 360 g/mol. The highest BCUT2D eigenvalue weighted by Gasteiger charge is 2.27. The molecule has 0 fully saturated rings. The Labute approximate surface area is 160 Å². The molecule has 1 heterocycles. The van der Waals surface area contributed by atoms with Gasteiger partial charge in [0.1, 0.15) is 17.1 Å². The number of carbonyl (C=O) groups excluding carboxylic acids is 1. The maximum absolute atomic E-state index is 12.8. The zero-order valence-corrected chi connectivity index (χ0v) is 15.8. The van der Waals surface area contributed by atoms with E-state index in [1.54, 1.807) is 0 Å². The van der Waals surface area contributed by atoms with Crippen molar-refractivity contribution in [3.8, 4) is 22.5 Å². The van der Waals surface area contributed by atoms with Crippen LogP contribution in [0.1, 0.15) is 42.8 Å². The Bertz CT molecular complexity index is 906. The lowest BCUT2D eigenvalue weighted by Gasteiger charge is -2.06. The molecule has 3 aromatic rings. The fourth-order valence-corrected chi connectivity index (χ4v) is 3.00. The van der Waals surface area contributed by atoms with Crippen LogP contribution < -0.4 is 0 Å². The molecule has 0 bridgehead atoms. The van der Waals surface area contributed by atoms with Gasteiger partial charge in [-0.2, -0.15) is 0 Å². The number of ether oxygens (including phenoxy) is 1. The Balaban J connectivity index is 2.26. The van der Waals surface area contributed by atoms with Gasteiger partial charge in [-0.05, 0) is 25.0 Å². The predicted octanol–water partition coefficient (Wildman–Crippen LogP) is 6.60. The highest BCUT2D eigenvalue weighted by Crippen LogP contribution is 2.40. The van der Waals surface area contributed by atoms with Gasteiger partial charge in [0.25, 0.3) is 0 Å². The third-order valence-electron chi connectivity index (χ3n) is 4.24. The lowest BCUT2D eigenvalue weighted by atomic mass is 9.97. The van der Waals surface area contributed by atoms with E-state index in [1.165, 1.54) is 0 Å². The molecule has 0 saturated heterocycles. The van der Waals surface area contributed by atoms with Crippen molar-refractivity contribution in [3.05, 3.63) is 78.1 Å². The summed E-state index contributed by atoms with van der Waals surface area (Å²) in [5, 5.41) is 0. The van der Waals surface area contributed by atoms with Crippen molar-refractivity contribution in [2.24, 2.45) is 0 Å². The first-order chi connectivity index (χ1) is 13.3. The molecule has 138 valence electrons. The van der Waals surface area contributed by atoms with Gasteiger partial charge in [0.15, 0.2) is 0 Å². The minimum atomic E-state index is -0.363. The molecule has 0 N–H and O–H groups in total. The summed E-state index contributed by atoms with van der Waals surface area (Å²) in [6.07, 6.45) is 5.87. The maximum atomic E-state index is 12.8. The Morgan fingerprint density at radius 3 is 2.19 bits per heavy atom. The van der Waals surface area contributed by atoms with Crippen LogP contribution in [0.15, 0.2) is 71.2 Å². The molecule has 0 radical (unpaired) electrons. The molecule has 0 saturated carbocycles. The van der Waals surface area contributed by atoms with Crippen LogP contribution >= 0.6 is 0 Å². The van der Waals surface area contributed by atoms with E-state index in [1.807, 2.05) is 79.7 Å². The van der Waals surface area contributed by atoms with E-state index in [0.29, 0.717) is 23.7 Å². The summed E-state index contributed by atoms with van der Waals surface area (Å²) >= 11 is 0. The highest BCUT2D eigenvalue weighted by atomic mass is 16.5. The molecule has 0 unspecified atom stereocenters. The van der Waals surface area contributed by atoms with Crippen molar-refractivity contribution in [1.82, 2.24) is 0 Å². The Hall–Kier alpha value is -3.07. The van der Waals surface area contributed by atoms with Crippen molar-refractivity contribution in [3.63, 3.8) is 0 Å². The van der Waals surface area contributed by atoms with Crippen LogP contribution in [0.3, 0.4) is 0 Å². The van der Waals surface area contributed by atoms with E-state index in [2.05, 4.69) is 6.92 Å². The molecule has 1 aromatic heterocycles. The maximum Gasteiger partial charge on any atom is 0.342 e. The molecule has 0 spiro atoms. The van der Waals surface area contributed by atoms with Gasteiger partial charge in [-0.15, -0.1) is 0 Å². The number of benzene rings is 2. The summed E-state index contributed by atoms with van der Waals surface area (Å²) in [6, 6.07) is 19.7. The summed E-state index contributed by atoms with van der Waals surface area (Å²) in [6.45, 7) is 4.24. The van der Waals surface area contributed by atoms with Gasteiger partial charge < -0.3 is 9.15 Å². The van der Waals surface area contributed by atoms with Gasteiger partial charge in [-0.3, -0.25) is 0 Å². The van der Waals surface area contributed by atoms with Crippen LogP contribution in [0.2, 0.25) is 0 Å². The van der Waals surface area contributed by atoms with E-state index < -0.39 is 0 Å². The van der Waals surface area contributed by atoms with Crippen molar-refractivity contribution < 1.29 is 13.9 Å². The first kappa shape index (κ1) is 18.7. The van der Waals surface area contributed by atoms with E-state index in [-0.39, 0.29) is 5.97 Å². The molecule has 0 aliphatic heterocycles. The molecule has 3 rings (SSSR count). The Morgan fingerprint density at radius 1 is 0.963 bits per heavy atom. The molecule has 0 atom stereocenters. The second-order valence-electron chi connectivity index (χ2n) is 6.19. The number of carbonyl (C=O) groups is 1. The van der Waals surface area contributed by atoms with Crippen LogP contribution in [-0.2, 0) is 4.74 Å². The zero-order valence-electron chi connectivity index (χ0n) is 15.8. The normalized spacial score (nSPS) is 11.0. The summed E-state index contributed by atoms with van der Waals surface area (Å²) in [5.41, 5.74) is 3.11. The third-order valence-corrected chi connectivity index (χ3v) is 4.24. The van der Waals surface area contributed by atoms with Crippen molar-refractivity contribution in [1.29, 1.82) is 0 Å². The lowest BCUT2D eigenvalue weighted by Crippen LogP contribution is -2.06. The van der Waals surface area contributed by atoms with Crippen molar-refractivity contribution in [2.75, 3.05) is 6.61 Å². The van der Waals surface area contributed by atoms with Gasteiger partial charge in [-0.1, -0.05) is 80.1 Å². The number of allylic oxidation sites excluding steroid dienone is 1. The molecule has 0 amide bonds. The van der Waals surface area contributed by atoms with Crippen LogP contribution in [0, 0.1) is 0 Å². The lowest BCUT2D eigenvalue weighted by molar-refractivity contribution is 0.0526. The number of esters is 1. The summed E-state index contributed by atoms with van der Waals surface area (Å²) in [7, 11) is 0. The molecule has 0 aliphatic carbocycles. The van der Waals surface area contributed by atoms with Gasteiger partial charge in [0.2, 0.25) is 0 Å². The molecular formula is C24H24O3.